The van der Waals surface area contributed by atoms with Gasteiger partial charge < -0.3 is 4.98 Å². The number of aromatic amines is 2. The summed E-state index contributed by atoms with van der Waals surface area (Å²) >= 11 is 0. The maximum absolute atomic E-state index is 14.2. The van der Waals surface area contributed by atoms with Gasteiger partial charge in [0.2, 0.25) is 0 Å². The van der Waals surface area contributed by atoms with Gasteiger partial charge in [0.1, 0.15) is 11.5 Å². The Bertz CT molecular complexity index is 1870. The van der Waals surface area contributed by atoms with Crippen LogP contribution in [0.1, 0.15) is 17.5 Å². The third-order valence-electron chi connectivity index (χ3n) is 7.17. The number of halogens is 3. The fourth-order valence-electron chi connectivity index (χ4n) is 5.33. The van der Waals surface area contributed by atoms with Crippen LogP contribution in [0, 0.1) is 12.7 Å². The zero-order valence-electron chi connectivity index (χ0n) is 21.4. The van der Waals surface area contributed by atoms with Crippen molar-refractivity contribution in [3.8, 4) is 33.8 Å². The SMILES string of the molecule is Cc1cc(F)cc(-c2ccnc3nc(-c4[nH]nc5ncc(-c6cncc(CN7CCC(F)(F)C7)c6)cc45)[nH]c23)c1. The molecule has 1 saturated heterocycles. The first-order chi connectivity index (χ1) is 19.3. The van der Waals surface area contributed by atoms with Crippen molar-refractivity contribution in [2.75, 3.05) is 13.1 Å². The molecule has 8 nitrogen and oxygen atoms in total. The van der Waals surface area contributed by atoms with E-state index in [-0.39, 0.29) is 18.8 Å². The summed E-state index contributed by atoms with van der Waals surface area (Å²) in [4.78, 5) is 23.0. The number of benzene rings is 1. The van der Waals surface area contributed by atoms with Crippen molar-refractivity contribution >= 4 is 22.2 Å². The second-order valence-corrected chi connectivity index (χ2v) is 10.3. The van der Waals surface area contributed by atoms with Gasteiger partial charge in [0.25, 0.3) is 5.92 Å². The minimum absolute atomic E-state index is 0.120. The summed E-state index contributed by atoms with van der Waals surface area (Å²) in [6.45, 7) is 2.37. The highest BCUT2D eigenvalue weighted by Crippen LogP contribution is 2.33. The Hall–Kier alpha value is -4.64. The summed E-state index contributed by atoms with van der Waals surface area (Å²) < 4.78 is 41.4. The van der Waals surface area contributed by atoms with Crippen LogP contribution in [0.15, 0.2) is 61.2 Å². The van der Waals surface area contributed by atoms with Gasteiger partial charge in [-0.25, -0.2) is 28.1 Å². The standard InChI is InChI=1S/C29H23F3N8/c1-16-6-18(9-21(30)7-16)22-2-4-34-27-24(22)36-28(37-27)25-23-10-20(13-35-26(23)39-38-25)19-8-17(11-33-12-19)14-40-5-3-29(31,32)15-40/h2,4,6-13H,3,5,14-15H2,1H3,(H,34,36,37)(H,35,38,39). The first kappa shape index (κ1) is 24.4. The fourth-order valence-corrected chi connectivity index (χ4v) is 5.33. The molecule has 0 unspecified atom stereocenters. The number of likely N-dealkylation sites (tertiary alicyclic amines) is 1. The van der Waals surface area contributed by atoms with Crippen LogP contribution in [0.2, 0.25) is 0 Å². The maximum atomic E-state index is 14.2. The number of alkyl halides is 2. The van der Waals surface area contributed by atoms with Crippen LogP contribution in [0.25, 0.3) is 56.0 Å². The highest BCUT2D eigenvalue weighted by atomic mass is 19.3. The molecule has 7 rings (SSSR count). The van der Waals surface area contributed by atoms with Crippen LogP contribution in [-0.2, 0) is 6.54 Å². The van der Waals surface area contributed by atoms with E-state index in [0.29, 0.717) is 41.4 Å². The molecular weight excluding hydrogens is 517 g/mol. The Labute approximate surface area is 226 Å². The Morgan fingerprint density at radius 2 is 1.85 bits per heavy atom. The third kappa shape index (κ3) is 4.47. The number of rotatable bonds is 5. The van der Waals surface area contributed by atoms with Crippen LogP contribution in [0.3, 0.4) is 0 Å². The molecule has 11 heteroatoms. The molecule has 0 amide bonds. The fraction of sp³-hybridized carbons (Fsp3) is 0.207. The lowest BCUT2D eigenvalue weighted by atomic mass is 10.0. The number of imidazole rings is 1. The number of H-pyrrole nitrogens is 2. The minimum Gasteiger partial charge on any atom is -0.335 e. The van der Waals surface area contributed by atoms with Gasteiger partial charge in [0.05, 0.1) is 17.4 Å². The normalized spacial score (nSPS) is 15.4. The molecule has 200 valence electrons. The third-order valence-corrected chi connectivity index (χ3v) is 7.17. The number of aryl methyl sites for hydroxylation is 1. The second kappa shape index (κ2) is 9.23. The average molecular weight is 541 g/mol. The maximum Gasteiger partial charge on any atom is 0.261 e. The van der Waals surface area contributed by atoms with Gasteiger partial charge in [-0.15, -0.1) is 0 Å². The summed E-state index contributed by atoms with van der Waals surface area (Å²) in [6.07, 6.45) is 6.67. The Kier molecular flexibility index (Phi) is 5.63. The molecule has 40 heavy (non-hydrogen) atoms. The number of fused-ring (bicyclic) bond motifs is 2. The highest BCUT2D eigenvalue weighted by molar-refractivity contribution is 5.96. The lowest BCUT2D eigenvalue weighted by Gasteiger charge is -2.15. The van der Waals surface area contributed by atoms with Crippen molar-refractivity contribution in [3.05, 3.63) is 78.1 Å². The van der Waals surface area contributed by atoms with Crippen molar-refractivity contribution in [1.82, 2.24) is 40.0 Å². The van der Waals surface area contributed by atoms with E-state index < -0.39 is 5.92 Å². The van der Waals surface area contributed by atoms with Gasteiger partial charge in [-0.2, -0.15) is 5.10 Å². The molecular formula is C29H23F3N8. The lowest BCUT2D eigenvalue weighted by molar-refractivity contribution is 0.0115. The molecule has 0 saturated carbocycles. The predicted octanol–water partition coefficient (Wildman–Crippen LogP) is 5.91. The molecule has 2 N–H and O–H groups in total. The van der Waals surface area contributed by atoms with E-state index in [1.54, 1.807) is 29.7 Å². The number of hydrogen-bond donors (Lipinski definition) is 2. The number of nitrogens with one attached hydrogen (secondary N) is 2. The molecule has 0 spiro atoms. The van der Waals surface area contributed by atoms with Crippen LogP contribution in [0.4, 0.5) is 13.2 Å². The van der Waals surface area contributed by atoms with E-state index in [2.05, 4.69) is 35.1 Å². The topological polar surface area (TPSA) is 99.3 Å². The smallest absolute Gasteiger partial charge is 0.261 e. The van der Waals surface area contributed by atoms with Crippen LogP contribution >= 0.6 is 0 Å². The predicted molar refractivity (Wildman–Crippen MR) is 145 cm³/mol. The van der Waals surface area contributed by atoms with Crippen LogP contribution in [0.5, 0.6) is 0 Å². The largest absolute Gasteiger partial charge is 0.335 e. The van der Waals surface area contributed by atoms with E-state index in [9.17, 15) is 13.2 Å². The van der Waals surface area contributed by atoms with Crippen molar-refractivity contribution in [2.24, 2.45) is 0 Å². The molecule has 6 aromatic rings. The monoisotopic (exact) mass is 540 g/mol. The van der Waals surface area contributed by atoms with Gasteiger partial charge >= 0.3 is 0 Å². The summed E-state index contributed by atoms with van der Waals surface area (Å²) in [6, 6.07) is 10.6. The highest BCUT2D eigenvalue weighted by Gasteiger charge is 2.37. The van der Waals surface area contributed by atoms with E-state index in [1.165, 1.54) is 12.1 Å². The molecule has 0 bridgehead atoms. The van der Waals surface area contributed by atoms with E-state index in [1.807, 2.05) is 31.2 Å². The van der Waals surface area contributed by atoms with Crippen molar-refractivity contribution in [2.45, 2.75) is 25.8 Å². The quantitative estimate of drug-likeness (QED) is 0.282. The number of nitrogens with zero attached hydrogens (tertiary/aromatic N) is 6. The zero-order chi connectivity index (χ0) is 27.4. The van der Waals surface area contributed by atoms with E-state index in [0.717, 1.165) is 38.8 Å². The molecule has 1 aliphatic rings. The van der Waals surface area contributed by atoms with Crippen LogP contribution in [-0.4, -0.2) is 59.0 Å². The Balaban J connectivity index is 1.25. The summed E-state index contributed by atoms with van der Waals surface area (Å²) in [5.74, 6) is -2.43. The molecule has 0 aliphatic carbocycles. The molecule has 1 aromatic carbocycles. The molecule has 1 aliphatic heterocycles. The minimum atomic E-state index is -2.64. The number of hydrogen-bond acceptors (Lipinski definition) is 6. The first-order valence-electron chi connectivity index (χ1n) is 12.8. The number of pyridine rings is 3. The molecule has 1 fully saturated rings. The molecule has 5 aromatic heterocycles. The van der Waals surface area contributed by atoms with Crippen molar-refractivity contribution in [3.63, 3.8) is 0 Å². The van der Waals surface area contributed by atoms with Gasteiger partial charge in [-0.3, -0.25) is 15.0 Å². The summed E-state index contributed by atoms with van der Waals surface area (Å²) in [5, 5.41) is 8.11. The van der Waals surface area contributed by atoms with E-state index in [4.69, 9.17) is 0 Å². The zero-order valence-corrected chi connectivity index (χ0v) is 21.4. The molecule has 6 heterocycles. The van der Waals surface area contributed by atoms with Gasteiger partial charge in [-0.1, -0.05) is 6.07 Å². The van der Waals surface area contributed by atoms with Crippen molar-refractivity contribution in [1.29, 1.82) is 0 Å². The number of aromatic nitrogens is 7. The molecule has 0 atom stereocenters. The second-order valence-electron chi connectivity index (χ2n) is 10.3. The van der Waals surface area contributed by atoms with Gasteiger partial charge in [0.15, 0.2) is 17.1 Å². The van der Waals surface area contributed by atoms with E-state index >= 15 is 0 Å². The van der Waals surface area contributed by atoms with Gasteiger partial charge in [0, 0.05) is 61.0 Å². The first-order valence-corrected chi connectivity index (χ1v) is 12.8. The van der Waals surface area contributed by atoms with Gasteiger partial charge in [-0.05, 0) is 53.9 Å². The summed E-state index contributed by atoms with van der Waals surface area (Å²) in [7, 11) is 0. The molecule has 0 radical (unpaired) electrons. The summed E-state index contributed by atoms with van der Waals surface area (Å²) in [5.41, 5.74) is 7.12. The van der Waals surface area contributed by atoms with Crippen LogP contribution < -0.4 is 0 Å². The Morgan fingerprint density at radius 1 is 0.975 bits per heavy atom. The Morgan fingerprint density at radius 3 is 2.67 bits per heavy atom. The lowest BCUT2D eigenvalue weighted by Crippen LogP contribution is -2.24. The van der Waals surface area contributed by atoms with Crippen molar-refractivity contribution < 1.29 is 13.2 Å². The average Bonchev–Trinajstić information content (AvgIpc) is 3.63.